The lowest BCUT2D eigenvalue weighted by Crippen LogP contribution is -2.38. The van der Waals surface area contributed by atoms with Crippen LogP contribution in [0.2, 0.25) is 0 Å². The number of benzene rings is 2. The lowest BCUT2D eigenvalue weighted by atomic mass is 9.94. The Bertz CT molecular complexity index is 740. The van der Waals surface area contributed by atoms with E-state index in [1.54, 1.807) is 6.92 Å². The highest BCUT2D eigenvalue weighted by Gasteiger charge is 2.21. The quantitative estimate of drug-likeness (QED) is 0.603. The molecule has 2 aromatic carbocycles. The van der Waals surface area contributed by atoms with Gasteiger partial charge >= 0.3 is 5.97 Å². The molecular weight excluding hydrogens is 350 g/mol. The van der Waals surface area contributed by atoms with E-state index in [2.05, 4.69) is 41.7 Å². The second-order valence-corrected chi connectivity index (χ2v) is 7.17. The van der Waals surface area contributed by atoms with Crippen LogP contribution in [0, 0.1) is 5.92 Å². The van der Waals surface area contributed by atoms with Crippen molar-refractivity contribution in [2.75, 3.05) is 6.61 Å². The topological polar surface area (TPSA) is 55.4 Å². The van der Waals surface area contributed by atoms with E-state index in [4.69, 9.17) is 4.74 Å². The van der Waals surface area contributed by atoms with Gasteiger partial charge in [0.1, 0.15) is 0 Å². The van der Waals surface area contributed by atoms with Crippen molar-refractivity contribution < 1.29 is 14.3 Å². The number of amides is 1. The fourth-order valence-electron chi connectivity index (χ4n) is 3.28. The Morgan fingerprint density at radius 3 is 2.21 bits per heavy atom. The van der Waals surface area contributed by atoms with Crippen LogP contribution in [0.5, 0.6) is 0 Å². The van der Waals surface area contributed by atoms with Gasteiger partial charge in [0.25, 0.3) is 0 Å². The van der Waals surface area contributed by atoms with Gasteiger partial charge in [-0.3, -0.25) is 9.59 Å². The van der Waals surface area contributed by atoms with Gasteiger partial charge in [-0.2, -0.15) is 0 Å². The van der Waals surface area contributed by atoms with Crippen LogP contribution in [0.15, 0.2) is 54.6 Å². The number of ether oxygens (including phenoxy) is 1. The fraction of sp³-hybridized carbons (Fsp3) is 0.417. The van der Waals surface area contributed by atoms with Crippen molar-refractivity contribution in [3.63, 3.8) is 0 Å². The number of hydrogen-bond acceptors (Lipinski definition) is 3. The monoisotopic (exact) mass is 381 g/mol. The van der Waals surface area contributed by atoms with E-state index in [1.165, 1.54) is 5.56 Å². The maximum Gasteiger partial charge on any atom is 0.308 e. The van der Waals surface area contributed by atoms with Gasteiger partial charge in [0, 0.05) is 12.5 Å². The second kappa shape index (κ2) is 11.3. The molecule has 28 heavy (non-hydrogen) atoms. The summed E-state index contributed by atoms with van der Waals surface area (Å²) < 4.78 is 5.12. The van der Waals surface area contributed by atoms with Crippen LogP contribution in [-0.2, 0) is 20.7 Å². The molecule has 150 valence electrons. The van der Waals surface area contributed by atoms with Crippen LogP contribution < -0.4 is 5.32 Å². The molecule has 0 bridgehead atoms. The predicted octanol–water partition coefficient (Wildman–Crippen LogP) is 4.77. The number of nitrogens with one attached hydrogen (secondary N) is 1. The summed E-state index contributed by atoms with van der Waals surface area (Å²) in [6.45, 7) is 6.02. The highest BCUT2D eigenvalue weighted by Crippen LogP contribution is 2.21. The van der Waals surface area contributed by atoms with Gasteiger partial charge in [0.15, 0.2) is 0 Å². The van der Waals surface area contributed by atoms with Crippen LogP contribution >= 0.6 is 0 Å². The van der Waals surface area contributed by atoms with E-state index in [1.807, 2.05) is 32.0 Å². The molecule has 4 heteroatoms. The Kier molecular flexibility index (Phi) is 8.73. The van der Waals surface area contributed by atoms with Crippen molar-refractivity contribution in [1.82, 2.24) is 5.32 Å². The minimum atomic E-state index is -0.254. The lowest BCUT2D eigenvalue weighted by molar-refractivity contribution is -0.148. The molecule has 0 radical (unpaired) electrons. The van der Waals surface area contributed by atoms with E-state index in [-0.39, 0.29) is 23.8 Å². The van der Waals surface area contributed by atoms with Gasteiger partial charge in [-0.1, -0.05) is 68.4 Å². The summed E-state index contributed by atoms with van der Waals surface area (Å²) >= 11 is 0. The molecule has 1 N–H and O–H groups in total. The predicted molar refractivity (Wildman–Crippen MR) is 113 cm³/mol. The highest BCUT2D eigenvalue weighted by atomic mass is 16.5. The second-order valence-electron chi connectivity index (χ2n) is 7.17. The van der Waals surface area contributed by atoms with Gasteiger partial charge < -0.3 is 10.1 Å². The molecule has 2 rings (SSSR count). The van der Waals surface area contributed by atoms with Crippen molar-refractivity contribution in [3.8, 4) is 11.1 Å². The molecule has 0 unspecified atom stereocenters. The first kappa shape index (κ1) is 21.7. The third-order valence-corrected chi connectivity index (χ3v) is 4.71. The van der Waals surface area contributed by atoms with Crippen LogP contribution in [0.3, 0.4) is 0 Å². The molecule has 1 amide bonds. The molecule has 0 spiro atoms. The number of carbonyl (C=O) groups excluding carboxylic acids is 2. The van der Waals surface area contributed by atoms with E-state index in [9.17, 15) is 9.59 Å². The summed E-state index contributed by atoms with van der Waals surface area (Å²) in [5.74, 6) is -0.434. The summed E-state index contributed by atoms with van der Waals surface area (Å²) in [5.41, 5.74) is 3.48. The van der Waals surface area contributed by atoms with Crippen molar-refractivity contribution in [2.45, 2.75) is 52.5 Å². The van der Waals surface area contributed by atoms with Gasteiger partial charge in [-0.05, 0) is 42.9 Å². The van der Waals surface area contributed by atoms with Gasteiger partial charge in [-0.15, -0.1) is 0 Å². The normalized spacial score (nSPS) is 12.8. The van der Waals surface area contributed by atoms with Crippen molar-refractivity contribution in [3.05, 3.63) is 60.2 Å². The lowest BCUT2D eigenvalue weighted by Gasteiger charge is -2.22. The SMILES string of the molecule is CCCC(=O)N[C@H](Cc1ccc(-c2ccccc2)cc1)C[C@@H](C)C(=O)OCC. The standard InChI is InChI=1S/C24H31NO3/c1-4-9-23(26)25-22(16-18(3)24(27)28-5-2)17-19-12-14-21(15-13-19)20-10-7-6-8-11-20/h6-8,10-15,18,22H,4-5,9,16-17H2,1-3H3,(H,25,26)/t18-,22+/m1/s1. The smallest absolute Gasteiger partial charge is 0.308 e. The van der Waals surface area contributed by atoms with Crippen molar-refractivity contribution >= 4 is 11.9 Å². The molecule has 0 aromatic heterocycles. The minimum Gasteiger partial charge on any atom is -0.466 e. The first-order valence-electron chi connectivity index (χ1n) is 10.1. The number of esters is 1. The summed E-state index contributed by atoms with van der Waals surface area (Å²) in [6.07, 6.45) is 2.55. The van der Waals surface area contributed by atoms with Crippen molar-refractivity contribution in [1.29, 1.82) is 0 Å². The molecule has 0 saturated carbocycles. The highest BCUT2D eigenvalue weighted by molar-refractivity contribution is 5.76. The Hall–Kier alpha value is -2.62. The van der Waals surface area contributed by atoms with E-state index in [0.29, 0.717) is 25.9 Å². The summed E-state index contributed by atoms with van der Waals surface area (Å²) in [4.78, 5) is 24.1. The number of carbonyl (C=O) groups is 2. The summed E-state index contributed by atoms with van der Waals surface area (Å²) in [6, 6.07) is 18.5. The maximum atomic E-state index is 12.1. The molecule has 2 atom stereocenters. The van der Waals surface area contributed by atoms with Crippen molar-refractivity contribution in [2.24, 2.45) is 5.92 Å². The molecule has 0 saturated heterocycles. The summed E-state index contributed by atoms with van der Waals surface area (Å²) in [7, 11) is 0. The van der Waals surface area contributed by atoms with Crippen LogP contribution in [0.4, 0.5) is 0 Å². The first-order valence-corrected chi connectivity index (χ1v) is 10.1. The average molecular weight is 382 g/mol. The molecule has 0 aliphatic rings. The first-order chi connectivity index (χ1) is 13.5. The van der Waals surface area contributed by atoms with Gasteiger partial charge in [0.2, 0.25) is 5.91 Å². The largest absolute Gasteiger partial charge is 0.466 e. The molecular formula is C24H31NO3. The third-order valence-electron chi connectivity index (χ3n) is 4.71. The number of hydrogen-bond donors (Lipinski definition) is 1. The zero-order valence-electron chi connectivity index (χ0n) is 17.1. The van der Waals surface area contributed by atoms with Crippen LogP contribution in [0.25, 0.3) is 11.1 Å². The van der Waals surface area contributed by atoms with Gasteiger partial charge in [-0.25, -0.2) is 0 Å². The zero-order chi connectivity index (χ0) is 20.4. The molecule has 0 aliphatic carbocycles. The van der Waals surface area contributed by atoms with E-state index in [0.717, 1.165) is 17.5 Å². The van der Waals surface area contributed by atoms with Crippen LogP contribution in [-0.4, -0.2) is 24.5 Å². The Labute approximate surface area is 168 Å². The van der Waals surface area contributed by atoms with Gasteiger partial charge in [0.05, 0.1) is 12.5 Å². The molecule has 0 aliphatic heterocycles. The van der Waals surface area contributed by atoms with E-state index < -0.39 is 0 Å². The Morgan fingerprint density at radius 2 is 1.61 bits per heavy atom. The summed E-state index contributed by atoms with van der Waals surface area (Å²) in [5, 5.41) is 3.09. The molecule has 4 nitrogen and oxygen atoms in total. The molecule has 0 heterocycles. The van der Waals surface area contributed by atoms with E-state index >= 15 is 0 Å². The van der Waals surface area contributed by atoms with Crippen LogP contribution in [0.1, 0.15) is 45.6 Å². The minimum absolute atomic E-state index is 0.0319. The average Bonchev–Trinajstić information content (AvgIpc) is 2.69. The molecule has 2 aromatic rings. The maximum absolute atomic E-state index is 12.1. The Balaban J connectivity index is 2.07. The molecule has 0 fully saturated rings. The fourth-order valence-corrected chi connectivity index (χ4v) is 3.28. The number of rotatable bonds is 10. The third kappa shape index (κ3) is 6.84. The zero-order valence-corrected chi connectivity index (χ0v) is 17.1. The Morgan fingerprint density at radius 1 is 0.964 bits per heavy atom.